The second-order valence-corrected chi connectivity index (χ2v) is 4.87. The van der Waals surface area contributed by atoms with Crippen LogP contribution in [-0.2, 0) is 6.54 Å². The van der Waals surface area contributed by atoms with E-state index in [9.17, 15) is 9.59 Å². The molecule has 0 spiro atoms. The minimum Gasteiger partial charge on any atom is -0.478 e. The zero-order chi connectivity index (χ0) is 15.0. The molecule has 0 saturated heterocycles. The fraction of sp³-hybridized carbons (Fsp3) is 0.125. The molecule has 2 aromatic carbocycles. The summed E-state index contributed by atoms with van der Waals surface area (Å²) in [7, 11) is 0. The second-order valence-electron chi connectivity index (χ2n) is 4.87. The lowest BCUT2D eigenvalue weighted by molar-refractivity contribution is 0.0697. The van der Waals surface area contributed by atoms with E-state index in [-0.39, 0.29) is 5.56 Å². The third-order valence-corrected chi connectivity index (χ3v) is 3.50. The SMILES string of the molecule is Cc1ccccc1Cn1c(=O)oc2ccc(C(=O)O)cc21. The van der Waals surface area contributed by atoms with Gasteiger partial charge in [0.2, 0.25) is 0 Å². The van der Waals surface area contributed by atoms with E-state index in [0.29, 0.717) is 17.6 Å². The summed E-state index contributed by atoms with van der Waals surface area (Å²) < 4.78 is 6.61. The van der Waals surface area contributed by atoms with Crippen LogP contribution in [0.3, 0.4) is 0 Å². The summed E-state index contributed by atoms with van der Waals surface area (Å²) >= 11 is 0. The highest BCUT2D eigenvalue weighted by Crippen LogP contribution is 2.17. The maximum Gasteiger partial charge on any atom is 0.420 e. The molecule has 5 nitrogen and oxygen atoms in total. The molecule has 0 radical (unpaired) electrons. The van der Waals surface area contributed by atoms with E-state index in [1.54, 1.807) is 0 Å². The van der Waals surface area contributed by atoms with Crippen LogP contribution in [0, 0.1) is 6.92 Å². The number of aromatic carboxylic acids is 1. The first-order valence-corrected chi connectivity index (χ1v) is 6.47. The number of aryl methyl sites for hydroxylation is 1. The highest BCUT2D eigenvalue weighted by Gasteiger charge is 2.13. The molecule has 0 aliphatic rings. The molecule has 3 aromatic rings. The minimum atomic E-state index is -1.03. The van der Waals surface area contributed by atoms with Crippen LogP contribution < -0.4 is 5.76 Å². The normalized spacial score (nSPS) is 10.9. The Hall–Kier alpha value is -2.82. The Labute approximate surface area is 120 Å². The fourth-order valence-corrected chi connectivity index (χ4v) is 2.30. The smallest absolute Gasteiger partial charge is 0.420 e. The maximum absolute atomic E-state index is 12.0. The van der Waals surface area contributed by atoms with Gasteiger partial charge in [-0.2, -0.15) is 0 Å². The van der Waals surface area contributed by atoms with Crippen LogP contribution in [0.5, 0.6) is 0 Å². The predicted octanol–water partition coefficient (Wildman–Crippen LogP) is 2.65. The van der Waals surface area contributed by atoms with Crippen LogP contribution in [0.25, 0.3) is 11.1 Å². The zero-order valence-electron chi connectivity index (χ0n) is 11.4. The lowest BCUT2D eigenvalue weighted by Gasteiger charge is -2.06. The largest absolute Gasteiger partial charge is 0.478 e. The number of hydrogen-bond donors (Lipinski definition) is 1. The Morgan fingerprint density at radius 3 is 2.71 bits per heavy atom. The number of carboxylic acids is 1. The molecule has 0 fully saturated rings. The molecule has 0 bridgehead atoms. The van der Waals surface area contributed by atoms with E-state index in [0.717, 1.165) is 11.1 Å². The van der Waals surface area contributed by atoms with Gasteiger partial charge in [-0.1, -0.05) is 24.3 Å². The molecule has 0 aliphatic carbocycles. The van der Waals surface area contributed by atoms with Crippen molar-refractivity contribution in [2.45, 2.75) is 13.5 Å². The molecule has 0 amide bonds. The van der Waals surface area contributed by atoms with Crippen LogP contribution in [0.4, 0.5) is 0 Å². The minimum absolute atomic E-state index is 0.127. The number of carboxylic acid groups (broad SMARTS) is 1. The average molecular weight is 283 g/mol. The molecule has 1 N–H and O–H groups in total. The van der Waals surface area contributed by atoms with Crippen molar-refractivity contribution in [3.8, 4) is 0 Å². The molecule has 106 valence electrons. The topological polar surface area (TPSA) is 72.4 Å². The molecule has 1 heterocycles. The molecule has 0 aliphatic heterocycles. The third-order valence-electron chi connectivity index (χ3n) is 3.50. The van der Waals surface area contributed by atoms with E-state index in [1.807, 2.05) is 31.2 Å². The average Bonchev–Trinajstić information content (AvgIpc) is 2.76. The molecule has 21 heavy (non-hydrogen) atoms. The summed E-state index contributed by atoms with van der Waals surface area (Å²) in [6.07, 6.45) is 0. The Balaban J connectivity index is 2.15. The van der Waals surface area contributed by atoms with Gasteiger partial charge in [0, 0.05) is 0 Å². The van der Waals surface area contributed by atoms with Crippen LogP contribution in [-0.4, -0.2) is 15.6 Å². The van der Waals surface area contributed by atoms with Crippen molar-refractivity contribution >= 4 is 17.1 Å². The van der Waals surface area contributed by atoms with Crippen molar-refractivity contribution < 1.29 is 14.3 Å². The number of rotatable bonds is 3. The summed E-state index contributed by atoms with van der Waals surface area (Å²) in [5.74, 6) is -1.52. The van der Waals surface area contributed by atoms with Crippen molar-refractivity contribution in [3.63, 3.8) is 0 Å². The number of aromatic nitrogens is 1. The van der Waals surface area contributed by atoms with E-state index < -0.39 is 11.7 Å². The Morgan fingerprint density at radius 2 is 2.00 bits per heavy atom. The Kier molecular flexibility index (Phi) is 3.10. The lowest BCUT2D eigenvalue weighted by Crippen LogP contribution is -2.15. The Morgan fingerprint density at radius 1 is 1.24 bits per heavy atom. The molecular weight excluding hydrogens is 270 g/mol. The van der Waals surface area contributed by atoms with Gasteiger partial charge in [-0.15, -0.1) is 0 Å². The van der Waals surface area contributed by atoms with E-state index in [4.69, 9.17) is 9.52 Å². The number of carbonyl (C=O) groups is 1. The molecule has 0 unspecified atom stereocenters. The van der Waals surface area contributed by atoms with Crippen molar-refractivity contribution in [3.05, 3.63) is 69.7 Å². The molecule has 0 atom stereocenters. The summed E-state index contributed by atoms with van der Waals surface area (Å²) in [6, 6.07) is 12.1. The van der Waals surface area contributed by atoms with E-state index in [1.165, 1.54) is 22.8 Å². The van der Waals surface area contributed by atoms with Gasteiger partial charge in [-0.3, -0.25) is 4.57 Å². The van der Waals surface area contributed by atoms with Crippen LogP contribution in [0.15, 0.2) is 51.7 Å². The van der Waals surface area contributed by atoms with Crippen molar-refractivity contribution in [1.29, 1.82) is 0 Å². The summed E-state index contributed by atoms with van der Waals surface area (Å²) in [5, 5.41) is 9.06. The molecule has 1 aromatic heterocycles. The third kappa shape index (κ3) is 2.33. The first-order chi connectivity index (χ1) is 10.1. The van der Waals surface area contributed by atoms with Crippen LogP contribution >= 0.6 is 0 Å². The molecule has 0 saturated carbocycles. The van der Waals surface area contributed by atoms with Gasteiger partial charge >= 0.3 is 11.7 Å². The van der Waals surface area contributed by atoms with Crippen molar-refractivity contribution in [2.75, 3.05) is 0 Å². The molecule has 5 heteroatoms. The van der Waals surface area contributed by atoms with Gasteiger partial charge in [-0.25, -0.2) is 9.59 Å². The van der Waals surface area contributed by atoms with Gasteiger partial charge in [0.05, 0.1) is 17.6 Å². The van der Waals surface area contributed by atoms with E-state index >= 15 is 0 Å². The Bertz CT molecular complexity index is 889. The van der Waals surface area contributed by atoms with Gasteiger partial charge in [-0.05, 0) is 36.2 Å². The maximum atomic E-state index is 12.0. The monoisotopic (exact) mass is 283 g/mol. The van der Waals surface area contributed by atoms with Gasteiger partial charge in [0.25, 0.3) is 0 Å². The first kappa shape index (κ1) is 13.2. The summed E-state index contributed by atoms with van der Waals surface area (Å²) in [6.45, 7) is 2.31. The van der Waals surface area contributed by atoms with Crippen LogP contribution in [0.2, 0.25) is 0 Å². The summed E-state index contributed by atoms with van der Waals surface area (Å²) in [4.78, 5) is 23.0. The van der Waals surface area contributed by atoms with Crippen LogP contribution in [0.1, 0.15) is 21.5 Å². The number of oxazole rings is 1. The standard InChI is InChI=1S/C16H13NO4/c1-10-4-2-3-5-12(10)9-17-13-8-11(15(18)19)6-7-14(13)21-16(17)20/h2-8H,9H2,1H3,(H,18,19). The number of fused-ring (bicyclic) bond motifs is 1. The van der Waals surface area contributed by atoms with Crippen molar-refractivity contribution in [2.24, 2.45) is 0 Å². The predicted molar refractivity (Wildman–Crippen MR) is 77.7 cm³/mol. The number of hydrogen-bond acceptors (Lipinski definition) is 3. The van der Waals surface area contributed by atoms with Gasteiger partial charge in [0.15, 0.2) is 5.58 Å². The fourth-order valence-electron chi connectivity index (χ4n) is 2.30. The summed E-state index contributed by atoms with van der Waals surface area (Å²) in [5.41, 5.74) is 3.06. The first-order valence-electron chi connectivity index (χ1n) is 6.47. The van der Waals surface area contributed by atoms with Crippen molar-refractivity contribution in [1.82, 2.24) is 4.57 Å². The van der Waals surface area contributed by atoms with E-state index in [2.05, 4.69) is 0 Å². The highest BCUT2D eigenvalue weighted by atomic mass is 16.4. The zero-order valence-corrected chi connectivity index (χ0v) is 11.4. The lowest BCUT2D eigenvalue weighted by atomic mass is 10.1. The van der Waals surface area contributed by atoms with Gasteiger partial charge < -0.3 is 9.52 Å². The number of nitrogens with zero attached hydrogens (tertiary/aromatic N) is 1. The second kappa shape index (κ2) is 4.94. The highest BCUT2D eigenvalue weighted by molar-refractivity contribution is 5.91. The quantitative estimate of drug-likeness (QED) is 0.802. The number of benzene rings is 2. The van der Waals surface area contributed by atoms with Gasteiger partial charge in [0.1, 0.15) is 0 Å². The molecule has 3 rings (SSSR count). The molecular formula is C16H13NO4.